The van der Waals surface area contributed by atoms with Crippen molar-refractivity contribution in [1.82, 2.24) is 30.6 Å². The van der Waals surface area contributed by atoms with Gasteiger partial charge in [0.15, 0.2) is 0 Å². The second-order valence-corrected chi connectivity index (χ2v) is 17.3. The average molecular weight is 851 g/mol. The van der Waals surface area contributed by atoms with E-state index in [0.29, 0.717) is 34.2 Å². The van der Waals surface area contributed by atoms with E-state index in [9.17, 15) is 9.59 Å². The Morgan fingerprint density at radius 2 is 0.923 bits per heavy atom. The van der Waals surface area contributed by atoms with Crippen molar-refractivity contribution in [2.45, 2.75) is 61.1 Å². The molecule has 0 saturated heterocycles. The SMILES string of the molecule is Cc1cccc(-c2nc3ccc(C(=O)NCc4ccc(C)c(-c5ccc(-c6nc7ccc(C(=O)NC(C)C)cc7nc6-c6cccc(C)c6)cc5C)c4)cc3nc2-c2cccc(C)c2)c1. The van der Waals surface area contributed by atoms with Crippen molar-refractivity contribution in [1.29, 1.82) is 0 Å². The molecule has 8 nitrogen and oxygen atoms in total. The second-order valence-electron chi connectivity index (χ2n) is 17.3. The Hall–Kier alpha value is -7.84. The summed E-state index contributed by atoms with van der Waals surface area (Å²) in [4.78, 5) is 47.2. The third-order valence-corrected chi connectivity index (χ3v) is 11.7. The van der Waals surface area contributed by atoms with Crippen molar-refractivity contribution in [3.63, 3.8) is 0 Å². The predicted octanol–water partition coefficient (Wildman–Crippen LogP) is 12.5. The van der Waals surface area contributed by atoms with E-state index in [-0.39, 0.29) is 17.9 Å². The Labute approximate surface area is 379 Å². The van der Waals surface area contributed by atoms with Gasteiger partial charge in [-0.25, -0.2) is 19.9 Å². The van der Waals surface area contributed by atoms with Gasteiger partial charge in [0.1, 0.15) is 0 Å². The molecule has 0 fully saturated rings. The number of aryl methyl sites for hydroxylation is 5. The van der Waals surface area contributed by atoms with Gasteiger partial charge in [-0.15, -0.1) is 0 Å². The van der Waals surface area contributed by atoms with Crippen molar-refractivity contribution in [2.24, 2.45) is 0 Å². The molecule has 0 aliphatic carbocycles. The lowest BCUT2D eigenvalue weighted by molar-refractivity contribution is 0.0938. The molecule has 65 heavy (non-hydrogen) atoms. The summed E-state index contributed by atoms with van der Waals surface area (Å²) >= 11 is 0. The van der Waals surface area contributed by atoms with Gasteiger partial charge in [-0.3, -0.25) is 9.59 Å². The summed E-state index contributed by atoms with van der Waals surface area (Å²) < 4.78 is 0. The molecule has 2 amide bonds. The lowest BCUT2D eigenvalue weighted by Gasteiger charge is -2.16. The number of fused-ring (bicyclic) bond motifs is 2. The zero-order chi connectivity index (χ0) is 45.4. The van der Waals surface area contributed by atoms with Crippen molar-refractivity contribution in [2.75, 3.05) is 0 Å². The fraction of sp³-hybridized carbons (Fsp3) is 0.158. The average Bonchev–Trinajstić information content (AvgIpc) is 3.29. The summed E-state index contributed by atoms with van der Waals surface area (Å²) in [5, 5.41) is 6.13. The Balaban J connectivity index is 0.990. The van der Waals surface area contributed by atoms with Crippen LogP contribution < -0.4 is 10.6 Å². The molecule has 8 heteroatoms. The maximum absolute atomic E-state index is 13.8. The fourth-order valence-electron chi connectivity index (χ4n) is 8.39. The lowest BCUT2D eigenvalue weighted by atomic mass is 9.92. The molecule has 7 aromatic carbocycles. The zero-order valence-electron chi connectivity index (χ0n) is 37.7. The number of hydrogen-bond donors (Lipinski definition) is 2. The summed E-state index contributed by atoms with van der Waals surface area (Å²) in [6.45, 7) is 14.7. The minimum Gasteiger partial charge on any atom is -0.350 e. The molecule has 0 bridgehead atoms. The topological polar surface area (TPSA) is 110 Å². The van der Waals surface area contributed by atoms with Gasteiger partial charge in [0.05, 0.1) is 44.8 Å². The summed E-state index contributed by atoms with van der Waals surface area (Å²) in [6, 6.07) is 48.6. The van der Waals surface area contributed by atoms with Gasteiger partial charge in [-0.05, 0) is 143 Å². The molecular weight excluding hydrogens is 801 g/mol. The first-order chi connectivity index (χ1) is 31.4. The summed E-state index contributed by atoms with van der Waals surface area (Å²) in [5.41, 5.74) is 19.5. The Bertz CT molecular complexity index is 3340. The molecule has 2 heterocycles. The quantitative estimate of drug-likeness (QED) is 0.142. The van der Waals surface area contributed by atoms with Crippen LogP contribution in [0.25, 0.3) is 78.2 Å². The molecule has 0 atom stereocenters. The van der Waals surface area contributed by atoms with E-state index >= 15 is 0 Å². The van der Waals surface area contributed by atoms with E-state index in [1.54, 1.807) is 6.07 Å². The molecule has 0 aliphatic heterocycles. The van der Waals surface area contributed by atoms with Gasteiger partial charge in [0.2, 0.25) is 0 Å². The molecule has 2 N–H and O–H groups in total. The van der Waals surface area contributed by atoms with Crippen LogP contribution in [0.3, 0.4) is 0 Å². The highest BCUT2D eigenvalue weighted by Gasteiger charge is 2.19. The number of rotatable bonds is 10. The number of hydrogen-bond acceptors (Lipinski definition) is 6. The van der Waals surface area contributed by atoms with Crippen molar-refractivity contribution in [3.05, 3.63) is 190 Å². The minimum atomic E-state index is -0.188. The van der Waals surface area contributed by atoms with E-state index in [0.717, 1.165) is 95.1 Å². The first kappa shape index (κ1) is 42.5. The van der Waals surface area contributed by atoms with Crippen molar-refractivity contribution < 1.29 is 9.59 Å². The predicted molar refractivity (Wildman–Crippen MR) is 264 cm³/mol. The molecule has 9 rings (SSSR count). The first-order valence-electron chi connectivity index (χ1n) is 22.0. The van der Waals surface area contributed by atoms with Crippen LogP contribution in [0.15, 0.2) is 146 Å². The maximum Gasteiger partial charge on any atom is 0.251 e. The van der Waals surface area contributed by atoms with Crippen molar-refractivity contribution in [3.8, 4) is 56.2 Å². The molecule has 0 spiro atoms. The molecule has 0 aliphatic rings. The van der Waals surface area contributed by atoms with Crippen LogP contribution in [0.5, 0.6) is 0 Å². The van der Waals surface area contributed by atoms with Crippen molar-refractivity contribution >= 4 is 33.9 Å². The highest BCUT2D eigenvalue weighted by Crippen LogP contribution is 2.36. The molecule has 320 valence electrons. The van der Waals surface area contributed by atoms with Crippen LogP contribution in [0.4, 0.5) is 0 Å². The molecule has 0 saturated carbocycles. The van der Waals surface area contributed by atoms with E-state index in [1.165, 1.54) is 0 Å². The largest absolute Gasteiger partial charge is 0.350 e. The molecule has 9 aromatic rings. The minimum absolute atomic E-state index is 0.0181. The van der Waals surface area contributed by atoms with Gasteiger partial charge < -0.3 is 10.6 Å². The van der Waals surface area contributed by atoms with Crippen LogP contribution in [0, 0.1) is 34.6 Å². The number of nitrogens with zero attached hydrogens (tertiary/aromatic N) is 4. The van der Waals surface area contributed by atoms with E-state index in [1.807, 2.05) is 62.4 Å². The second kappa shape index (κ2) is 17.7. The van der Waals surface area contributed by atoms with Crippen LogP contribution in [-0.4, -0.2) is 37.8 Å². The smallest absolute Gasteiger partial charge is 0.251 e. The first-order valence-corrected chi connectivity index (χ1v) is 22.0. The summed E-state index contributed by atoms with van der Waals surface area (Å²) in [7, 11) is 0. The number of benzene rings is 7. The monoisotopic (exact) mass is 850 g/mol. The number of nitrogens with one attached hydrogen (secondary N) is 2. The normalized spacial score (nSPS) is 11.3. The Kier molecular flexibility index (Phi) is 11.6. The summed E-state index contributed by atoms with van der Waals surface area (Å²) in [5.74, 6) is -0.328. The summed E-state index contributed by atoms with van der Waals surface area (Å²) in [6.07, 6.45) is 0. The number of carbonyl (C=O) groups is 2. The number of carbonyl (C=O) groups excluding carboxylic acids is 2. The fourth-order valence-corrected chi connectivity index (χ4v) is 8.39. The van der Waals surface area contributed by atoms with Gasteiger partial charge in [-0.2, -0.15) is 0 Å². The van der Waals surface area contributed by atoms with Crippen LogP contribution in [0.2, 0.25) is 0 Å². The third kappa shape index (κ3) is 9.02. The van der Waals surface area contributed by atoms with Gasteiger partial charge in [-0.1, -0.05) is 95.6 Å². The van der Waals surface area contributed by atoms with Gasteiger partial charge >= 0.3 is 0 Å². The third-order valence-electron chi connectivity index (χ3n) is 11.7. The van der Waals surface area contributed by atoms with E-state index in [2.05, 4.69) is 136 Å². The van der Waals surface area contributed by atoms with Crippen LogP contribution in [-0.2, 0) is 6.54 Å². The number of aromatic nitrogens is 4. The molecule has 2 aromatic heterocycles. The highest BCUT2D eigenvalue weighted by molar-refractivity contribution is 5.99. The van der Waals surface area contributed by atoms with Crippen LogP contribution in [0.1, 0.15) is 67.9 Å². The molecule has 0 radical (unpaired) electrons. The lowest BCUT2D eigenvalue weighted by Crippen LogP contribution is -2.30. The van der Waals surface area contributed by atoms with Gasteiger partial charge in [0.25, 0.3) is 11.8 Å². The zero-order valence-corrected chi connectivity index (χ0v) is 37.7. The van der Waals surface area contributed by atoms with E-state index < -0.39 is 0 Å². The maximum atomic E-state index is 13.8. The van der Waals surface area contributed by atoms with Crippen LogP contribution >= 0.6 is 0 Å². The molecule has 0 unspecified atom stereocenters. The Morgan fingerprint density at radius 3 is 1.40 bits per heavy atom. The Morgan fingerprint density at radius 1 is 0.446 bits per heavy atom. The van der Waals surface area contributed by atoms with E-state index in [4.69, 9.17) is 19.9 Å². The highest BCUT2D eigenvalue weighted by atomic mass is 16.2. The standard InChI is InChI=1S/C57H50N6O2/c1-33(2)59-57(65)45-21-24-49-51(31-45)63-54(42-16-10-13-36(5)27-42)55(61-49)43-19-22-46(38(7)28-43)47-29-39(18-17-37(47)6)32-58-56(64)44-20-23-48-50(30-44)62-53(41-15-9-12-35(4)26-41)52(60-48)40-14-8-11-34(3)25-40/h8-31,33H,32H2,1-7H3,(H,58,64)(H,59,65). The van der Waals surface area contributed by atoms with Gasteiger partial charge in [0, 0.05) is 46.0 Å². The molecular formula is C57H50N6O2. The number of amides is 2.